The predicted molar refractivity (Wildman–Crippen MR) is 57.6 cm³/mol. The Balaban J connectivity index is 2.86. The van der Waals surface area contributed by atoms with E-state index in [0.717, 1.165) is 6.42 Å². The maximum absolute atomic E-state index is 11.9. The fourth-order valence-corrected chi connectivity index (χ4v) is 1.10. The van der Waals surface area contributed by atoms with Gasteiger partial charge in [0.2, 0.25) is 5.82 Å². The highest BCUT2D eigenvalue weighted by Gasteiger charge is 2.28. The molecule has 84 valence electrons. The molecule has 0 saturated heterocycles. The number of nitrogens with one attached hydrogen (secondary N) is 1. The molecule has 1 aromatic heterocycles. The van der Waals surface area contributed by atoms with Crippen molar-refractivity contribution in [3.63, 3.8) is 0 Å². The third-order valence-electron chi connectivity index (χ3n) is 2.87. The summed E-state index contributed by atoms with van der Waals surface area (Å²) in [4.78, 5) is 17.6. The van der Waals surface area contributed by atoms with Crippen LogP contribution in [0.2, 0.25) is 0 Å². The van der Waals surface area contributed by atoms with E-state index < -0.39 is 0 Å². The maximum Gasteiger partial charge on any atom is 0.293 e. The molecule has 15 heavy (non-hydrogen) atoms. The first kappa shape index (κ1) is 11.7. The number of H-pyrrole nitrogens is 1. The Labute approximate surface area is 89.9 Å². The van der Waals surface area contributed by atoms with Gasteiger partial charge in [0.05, 0.1) is 0 Å². The molecule has 0 radical (unpaired) electrons. The number of amides is 1. The zero-order valence-corrected chi connectivity index (χ0v) is 9.96. The molecule has 0 aliphatic heterocycles. The molecule has 5 nitrogen and oxygen atoms in total. The van der Waals surface area contributed by atoms with Gasteiger partial charge in [0.1, 0.15) is 5.82 Å². The van der Waals surface area contributed by atoms with Crippen LogP contribution in [0.5, 0.6) is 0 Å². The van der Waals surface area contributed by atoms with E-state index in [9.17, 15) is 4.79 Å². The summed E-state index contributed by atoms with van der Waals surface area (Å²) in [5, 5.41) is 6.52. The second-order valence-corrected chi connectivity index (χ2v) is 4.27. The number of hydrogen-bond donors (Lipinski definition) is 1. The van der Waals surface area contributed by atoms with Crippen molar-refractivity contribution >= 4 is 5.91 Å². The quantitative estimate of drug-likeness (QED) is 0.819. The van der Waals surface area contributed by atoms with Crippen LogP contribution < -0.4 is 0 Å². The van der Waals surface area contributed by atoms with Gasteiger partial charge < -0.3 is 4.90 Å². The number of aryl methyl sites for hydroxylation is 1. The first-order chi connectivity index (χ1) is 6.88. The lowest BCUT2D eigenvalue weighted by Crippen LogP contribution is -2.44. The van der Waals surface area contributed by atoms with Gasteiger partial charge in [0.15, 0.2) is 0 Å². The van der Waals surface area contributed by atoms with Gasteiger partial charge in [0.25, 0.3) is 5.91 Å². The Hall–Kier alpha value is -1.39. The monoisotopic (exact) mass is 210 g/mol. The van der Waals surface area contributed by atoms with Crippen LogP contribution in [0.3, 0.4) is 0 Å². The normalized spacial score (nSPS) is 11.5. The molecule has 5 heteroatoms. The minimum absolute atomic E-state index is 0.147. The molecule has 1 amide bonds. The van der Waals surface area contributed by atoms with Gasteiger partial charge in [-0.1, -0.05) is 6.92 Å². The largest absolute Gasteiger partial charge is 0.334 e. The van der Waals surface area contributed by atoms with Crippen molar-refractivity contribution in [3.8, 4) is 0 Å². The topological polar surface area (TPSA) is 61.9 Å². The van der Waals surface area contributed by atoms with Gasteiger partial charge in [-0.25, -0.2) is 4.98 Å². The number of aromatic nitrogens is 3. The first-order valence-electron chi connectivity index (χ1n) is 5.05. The number of carbonyl (C=O) groups is 1. The lowest BCUT2D eigenvalue weighted by molar-refractivity contribution is 0.0608. The molecule has 0 saturated carbocycles. The van der Waals surface area contributed by atoms with Crippen molar-refractivity contribution in [1.29, 1.82) is 0 Å². The molecule has 1 rings (SSSR count). The molecule has 0 bridgehead atoms. The Kier molecular flexibility index (Phi) is 3.12. The zero-order valence-electron chi connectivity index (χ0n) is 9.96. The van der Waals surface area contributed by atoms with Crippen molar-refractivity contribution in [3.05, 3.63) is 11.6 Å². The summed E-state index contributed by atoms with van der Waals surface area (Å²) in [5.41, 5.74) is -0.175. The van der Waals surface area contributed by atoms with E-state index in [-0.39, 0.29) is 17.3 Å². The Morgan fingerprint density at radius 3 is 2.53 bits per heavy atom. The summed E-state index contributed by atoms with van der Waals surface area (Å²) in [6.45, 7) is 7.86. The number of hydrogen-bond acceptors (Lipinski definition) is 3. The van der Waals surface area contributed by atoms with E-state index in [4.69, 9.17) is 0 Å². The molecule has 1 heterocycles. The Morgan fingerprint density at radius 1 is 1.53 bits per heavy atom. The highest BCUT2D eigenvalue weighted by Crippen LogP contribution is 2.17. The van der Waals surface area contributed by atoms with Crippen LogP contribution in [0, 0.1) is 6.92 Å². The average molecular weight is 210 g/mol. The van der Waals surface area contributed by atoms with Crippen LogP contribution in [0.1, 0.15) is 43.6 Å². The van der Waals surface area contributed by atoms with E-state index in [0.29, 0.717) is 5.82 Å². The van der Waals surface area contributed by atoms with E-state index >= 15 is 0 Å². The minimum Gasteiger partial charge on any atom is -0.334 e. The van der Waals surface area contributed by atoms with Crippen molar-refractivity contribution in [2.75, 3.05) is 7.05 Å². The van der Waals surface area contributed by atoms with E-state index in [2.05, 4.69) is 15.2 Å². The van der Waals surface area contributed by atoms with E-state index in [1.165, 1.54) is 0 Å². The Morgan fingerprint density at radius 2 is 2.13 bits per heavy atom. The van der Waals surface area contributed by atoms with Crippen molar-refractivity contribution in [2.24, 2.45) is 0 Å². The van der Waals surface area contributed by atoms with Crippen LogP contribution in [0.15, 0.2) is 0 Å². The summed E-state index contributed by atoms with van der Waals surface area (Å²) in [6, 6.07) is 0. The lowest BCUT2D eigenvalue weighted by atomic mass is 10.00. The number of carbonyl (C=O) groups excluding carboxylic acids is 1. The third kappa shape index (κ3) is 2.34. The molecule has 0 aliphatic carbocycles. The van der Waals surface area contributed by atoms with Gasteiger partial charge in [-0.2, -0.15) is 0 Å². The van der Waals surface area contributed by atoms with E-state index in [1.807, 2.05) is 20.8 Å². The zero-order chi connectivity index (χ0) is 11.6. The van der Waals surface area contributed by atoms with Gasteiger partial charge >= 0.3 is 0 Å². The van der Waals surface area contributed by atoms with Crippen molar-refractivity contribution < 1.29 is 4.79 Å². The summed E-state index contributed by atoms with van der Waals surface area (Å²) < 4.78 is 0. The second kappa shape index (κ2) is 4.00. The summed E-state index contributed by atoms with van der Waals surface area (Å²) in [5.74, 6) is 0.740. The van der Waals surface area contributed by atoms with Gasteiger partial charge in [0, 0.05) is 12.6 Å². The standard InChI is InChI=1S/C10H18N4O/c1-6-10(3,4)14(5)9(15)8-11-7(2)12-13-8/h6H2,1-5H3,(H,11,12,13). The van der Waals surface area contributed by atoms with Crippen molar-refractivity contribution in [1.82, 2.24) is 20.1 Å². The predicted octanol–water partition coefficient (Wildman–Crippen LogP) is 1.37. The molecule has 1 aromatic rings. The smallest absolute Gasteiger partial charge is 0.293 e. The number of aromatic amines is 1. The molecule has 0 aliphatic rings. The van der Waals surface area contributed by atoms with Crippen LogP contribution in [-0.2, 0) is 0 Å². The van der Waals surface area contributed by atoms with Crippen LogP contribution >= 0.6 is 0 Å². The average Bonchev–Trinajstić information content (AvgIpc) is 2.62. The summed E-state index contributed by atoms with van der Waals surface area (Å²) >= 11 is 0. The van der Waals surface area contributed by atoms with Crippen LogP contribution in [-0.4, -0.2) is 38.6 Å². The third-order valence-corrected chi connectivity index (χ3v) is 2.87. The van der Waals surface area contributed by atoms with Crippen LogP contribution in [0.25, 0.3) is 0 Å². The highest BCUT2D eigenvalue weighted by atomic mass is 16.2. The van der Waals surface area contributed by atoms with Crippen molar-refractivity contribution in [2.45, 2.75) is 39.7 Å². The highest BCUT2D eigenvalue weighted by molar-refractivity contribution is 5.90. The summed E-state index contributed by atoms with van der Waals surface area (Å²) in [7, 11) is 1.78. The van der Waals surface area contributed by atoms with Crippen LogP contribution in [0.4, 0.5) is 0 Å². The molecule has 0 fully saturated rings. The molecule has 0 aromatic carbocycles. The SMILES string of the molecule is CCC(C)(C)N(C)C(=O)c1n[nH]c(C)n1. The number of rotatable bonds is 3. The van der Waals surface area contributed by atoms with Gasteiger partial charge in [-0.15, -0.1) is 5.10 Å². The maximum atomic E-state index is 11.9. The summed E-state index contributed by atoms with van der Waals surface area (Å²) in [6.07, 6.45) is 0.888. The number of nitrogens with zero attached hydrogens (tertiary/aromatic N) is 3. The van der Waals surface area contributed by atoms with E-state index in [1.54, 1.807) is 18.9 Å². The molecule has 0 unspecified atom stereocenters. The van der Waals surface area contributed by atoms with Gasteiger partial charge in [-0.3, -0.25) is 9.89 Å². The molecule has 0 spiro atoms. The second-order valence-electron chi connectivity index (χ2n) is 4.27. The molecular formula is C10H18N4O. The fraction of sp³-hybridized carbons (Fsp3) is 0.700. The Bertz CT molecular complexity index is 356. The minimum atomic E-state index is -0.175. The first-order valence-corrected chi connectivity index (χ1v) is 5.05. The van der Waals surface area contributed by atoms with Gasteiger partial charge in [-0.05, 0) is 27.2 Å². The molecular weight excluding hydrogens is 192 g/mol. The lowest BCUT2D eigenvalue weighted by Gasteiger charge is -2.33. The fourth-order valence-electron chi connectivity index (χ4n) is 1.10. The molecule has 1 N–H and O–H groups in total. The molecule has 0 atom stereocenters.